The van der Waals surface area contributed by atoms with E-state index in [1.165, 1.54) is 18.7 Å². The number of aromatic nitrogens is 2. The number of aliphatic hydroxyl groups excluding tert-OH is 1. The predicted octanol–water partition coefficient (Wildman–Crippen LogP) is 8.99. The van der Waals surface area contributed by atoms with Crippen LogP contribution in [0.2, 0.25) is 0 Å². The molecule has 0 atom stereocenters. The molecule has 1 N–H and O–H groups in total. The maximum atomic E-state index is 11.1. The van der Waals surface area contributed by atoms with Gasteiger partial charge >= 0.3 is 23.9 Å². The molecule has 340 valence electrons. The number of nitrogens with zero attached hydrogens (tertiary/aromatic N) is 2. The zero-order valence-corrected chi connectivity index (χ0v) is 40.0. The Labute approximate surface area is 376 Å². The molecule has 17 heteroatoms. The van der Waals surface area contributed by atoms with Crippen molar-refractivity contribution in [2.24, 2.45) is 0 Å². The number of aldehydes is 1. The SMILES string of the molecule is CCOC(=O)CCCCS.CCOC(=O)CCCCSc1ccc(C)c(C=O)n1.CCOC(=O)CCCCSc1ccc(C)c(CO)n1.CCOC(=O)CCCSC(C)=O. The van der Waals surface area contributed by atoms with Crippen molar-refractivity contribution in [2.45, 2.75) is 136 Å². The van der Waals surface area contributed by atoms with Crippen LogP contribution in [0.3, 0.4) is 0 Å². The number of hydrogen-bond donors (Lipinski definition) is 2. The fourth-order valence-corrected chi connectivity index (χ4v) is 6.94. The van der Waals surface area contributed by atoms with Crippen LogP contribution >= 0.6 is 47.9 Å². The summed E-state index contributed by atoms with van der Waals surface area (Å²) in [5.41, 5.74) is 3.13. The van der Waals surface area contributed by atoms with Crippen molar-refractivity contribution in [2.75, 3.05) is 49.4 Å². The Hall–Kier alpha value is -3.12. The van der Waals surface area contributed by atoms with E-state index in [-0.39, 0.29) is 35.6 Å². The zero-order chi connectivity index (χ0) is 45.4. The van der Waals surface area contributed by atoms with E-state index in [1.807, 2.05) is 52.0 Å². The van der Waals surface area contributed by atoms with E-state index in [4.69, 9.17) is 24.1 Å². The summed E-state index contributed by atoms with van der Waals surface area (Å²) in [4.78, 5) is 73.5. The Balaban J connectivity index is 0. The number of esters is 4. The molecule has 0 spiro atoms. The van der Waals surface area contributed by atoms with Gasteiger partial charge in [0.1, 0.15) is 5.69 Å². The Kier molecular flexibility index (Phi) is 40.5. The number of unbranched alkanes of at least 4 members (excludes halogenated alkanes) is 3. The standard InChI is InChI=1S/C14H21NO3S.C14H19NO3S.C8H14O3S.C7H14O2S/c2*1-3-18-14(17)6-4-5-9-19-13-8-7-11(2)12(10-16)15-13;1-3-11-8(10)5-4-6-12-7(2)9;1-2-9-7(8)5-3-4-6-10/h7-8,16H,3-6,9-10H2,1-2H3;7-8,10H,3-6,9H2,1-2H3;3-6H2,1-2H3;10H,2-6H2,1H3. The Morgan fingerprint density at radius 2 is 1.03 bits per heavy atom. The third-order valence-electron chi connectivity index (χ3n) is 7.44. The molecule has 0 aliphatic carbocycles. The van der Waals surface area contributed by atoms with Gasteiger partial charge in [-0.3, -0.25) is 28.8 Å². The first-order valence-corrected chi connectivity index (χ1v) is 24.0. The van der Waals surface area contributed by atoms with E-state index >= 15 is 0 Å². The molecule has 0 fully saturated rings. The number of aliphatic hydroxyl groups is 1. The van der Waals surface area contributed by atoms with E-state index in [0.717, 1.165) is 88.9 Å². The minimum Gasteiger partial charge on any atom is -0.466 e. The van der Waals surface area contributed by atoms with Gasteiger partial charge in [-0.25, -0.2) is 9.97 Å². The highest BCUT2D eigenvalue weighted by Gasteiger charge is 2.06. The van der Waals surface area contributed by atoms with Crippen molar-refractivity contribution in [1.29, 1.82) is 0 Å². The van der Waals surface area contributed by atoms with E-state index in [9.17, 15) is 28.8 Å². The third kappa shape index (κ3) is 35.6. The number of aryl methyl sites for hydroxylation is 2. The van der Waals surface area contributed by atoms with Gasteiger partial charge in [0, 0.05) is 38.4 Å². The Bertz CT molecular complexity index is 1500. The number of thioether (sulfide) groups is 3. The molecule has 0 saturated heterocycles. The number of pyridine rings is 2. The summed E-state index contributed by atoms with van der Waals surface area (Å²) in [6, 6.07) is 7.75. The quantitative estimate of drug-likeness (QED) is 0.0227. The van der Waals surface area contributed by atoms with Crippen LogP contribution < -0.4 is 0 Å². The van der Waals surface area contributed by atoms with Crippen LogP contribution in [0, 0.1) is 13.8 Å². The van der Waals surface area contributed by atoms with Gasteiger partial charge in [0.15, 0.2) is 11.4 Å². The normalized spacial score (nSPS) is 10.0. The van der Waals surface area contributed by atoms with E-state index in [1.54, 1.807) is 37.4 Å². The number of thiol groups is 1. The Morgan fingerprint density at radius 1 is 0.617 bits per heavy atom. The number of hydrogen-bond acceptors (Lipinski definition) is 17. The van der Waals surface area contributed by atoms with Gasteiger partial charge in [-0.2, -0.15) is 12.6 Å². The van der Waals surface area contributed by atoms with Crippen LogP contribution in [0.4, 0.5) is 0 Å². The smallest absolute Gasteiger partial charge is 0.305 e. The number of carbonyl (C=O) groups excluding carboxylic acids is 6. The number of carbonyl (C=O) groups is 6. The van der Waals surface area contributed by atoms with Crippen LogP contribution in [0.1, 0.15) is 133 Å². The maximum absolute atomic E-state index is 11.1. The van der Waals surface area contributed by atoms with Crippen LogP contribution in [0.15, 0.2) is 34.3 Å². The van der Waals surface area contributed by atoms with Crippen LogP contribution in [0.5, 0.6) is 0 Å². The van der Waals surface area contributed by atoms with Gasteiger partial charge in [0.05, 0.1) is 48.8 Å². The highest BCUT2D eigenvalue weighted by molar-refractivity contribution is 8.13. The van der Waals surface area contributed by atoms with E-state index in [2.05, 4.69) is 22.6 Å². The summed E-state index contributed by atoms with van der Waals surface area (Å²) < 4.78 is 19.2. The Morgan fingerprint density at radius 3 is 1.43 bits per heavy atom. The lowest BCUT2D eigenvalue weighted by Gasteiger charge is -2.05. The number of ether oxygens (including phenoxy) is 4. The van der Waals surface area contributed by atoms with Gasteiger partial charge in [-0.15, -0.1) is 23.5 Å². The van der Waals surface area contributed by atoms with Gasteiger partial charge in [0.25, 0.3) is 0 Å². The second kappa shape index (κ2) is 41.2. The molecule has 2 heterocycles. The lowest BCUT2D eigenvalue weighted by atomic mass is 10.2. The fourth-order valence-electron chi connectivity index (χ4n) is 4.36. The molecular formula is C43H68N2O11S4. The molecule has 0 bridgehead atoms. The van der Waals surface area contributed by atoms with Gasteiger partial charge in [-0.05, 0) is 127 Å². The minimum atomic E-state index is -0.179. The molecular weight excluding hydrogens is 849 g/mol. The van der Waals surface area contributed by atoms with Gasteiger partial charge in [-0.1, -0.05) is 23.9 Å². The van der Waals surface area contributed by atoms with Gasteiger partial charge < -0.3 is 24.1 Å². The first-order valence-electron chi connectivity index (χ1n) is 20.4. The summed E-state index contributed by atoms with van der Waals surface area (Å²) in [7, 11) is 0. The summed E-state index contributed by atoms with van der Waals surface area (Å²) in [6.45, 7) is 14.3. The van der Waals surface area contributed by atoms with Crippen molar-refractivity contribution >= 4 is 83.2 Å². The van der Waals surface area contributed by atoms with Crippen molar-refractivity contribution in [3.8, 4) is 0 Å². The molecule has 0 aliphatic rings. The third-order valence-corrected chi connectivity index (χ3v) is 10.7. The average molecular weight is 917 g/mol. The van der Waals surface area contributed by atoms with Crippen molar-refractivity contribution in [3.05, 3.63) is 46.8 Å². The van der Waals surface area contributed by atoms with Crippen molar-refractivity contribution in [1.82, 2.24) is 9.97 Å². The van der Waals surface area contributed by atoms with Crippen LogP contribution in [-0.4, -0.2) is 99.8 Å². The topological polar surface area (TPSA) is 185 Å². The summed E-state index contributed by atoms with van der Waals surface area (Å²) in [6.07, 6.45) is 8.80. The molecule has 0 unspecified atom stereocenters. The van der Waals surface area contributed by atoms with E-state index in [0.29, 0.717) is 70.0 Å². The van der Waals surface area contributed by atoms with Gasteiger partial charge in [0.2, 0.25) is 0 Å². The lowest BCUT2D eigenvalue weighted by Crippen LogP contribution is -2.04. The van der Waals surface area contributed by atoms with Crippen molar-refractivity contribution < 1.29 is 52.8 Å². The minimum absolute atomic E-state index is 0.0247. The highest BCUT2D eigenvalue weighted by Crippen LogP contribution is 2.20. The average Bonchev–Trinajstić information content (AvgIpc) is 3.21. The summed E-state index contributed by atoms with van der Waals surface area (Å²) >= 11 is 8.52. The van der Waals surface area contributed by atoms with E-state index < -0.39 is 0 Å². The molecule has 0 saturated carbocycles. The molecule has 60 heavy (non-hydrogen) atoms. The molecule has 2 aromatic heterocycles. The molecule has 2 rings (SSSR count). The molecule has 2 aromatic rings. The molecule has 0 amide bonds. The maximum Gasteiger partial charge on any atom is 0.305 e. The highest BCUT2D eigenvalue weighted by atomic mass is 32.2. The lowest BCUT2D eigenvalue weighted by molar-refractivity contribution is -0.144. The first kappa shape index (κ1) is 59.0. The molecule has 0 aromatic carbocycles. The molecule has 13 nitrogen and oxygen atoms in total. The molecule has 0 aliphatic heterocycles. The largest absolute Gasteiger partial charge is 0.466 e. The molecule has 0 radical (unpaired) electrons. The second-order valence-electron chi connectivity index (χ2n) is 12.5. The summed E-state index contributed by atoms with van der Waals surface area (Å²) in [5.74, 6) is 2.82. The summed E-state index contributed by atoms with van der Waals surface area (Å²) in [5, 5.41) is 11.0. The fraction of sp³-hybridized carbons (Fsp3) is 0.628. The van der Waals surface area contributed by atoms with Crippen LogP contribution in [-0.2, 0) is 49.5 Å². The van der Waals surface area contributed by atoms with Crippen molar-refractivity contribution in [3.63, 3.8) is 0 Å². The van der Waals surface area contributed by atoms with Crippen LogP contribution in [0.25, 0.3) is 0 Å². The zero-order valence-electron chi connectivity index (χ0n) is 36.6. The second-order valence-corrected chi connectivity index (χ2v) is 16.4. The monoisotopic (exact) mass is 916 g/mol. The first-order chi connectivity index (χ1) is 28.8. The number of rotatable bonds is 26. The predicted molar refractivity (Wildman–Crippen MR) is 245 cm³/mol.